The lowest BCUT2D eigenvalue weighted by Gasteiger charge is -2.15. The fourth-order valence-corrected chi connectivity index (χ4v) is 3.41. The molecule has 1 aliphatic heterocycles. The van der Waals surface area contributed by atoms with Gasteiger partial charge in [0.1, 0.15) is 0 Å². The number of Topliss-reactive ketones (excluding diaryl/α,β-unsaturated/α-hetero) is 1. The lowest BCUT2D eigenvalue weighted by molar-refractivity contribution is -0.143. The molecule has 1 N–H and O–H groups in total. The Morgan fingerprint density at radius 3 is 2.17 bits per heavy atom. The van der Waals surface area contributed by atoms with Gasteiger partial charge in [-0.1, -0.05) is 30.3 Å². The Balaban J connectivity index is 1.84. The van der Waals surface area contributed by atoms with Crippen molar-refractivity contribution >= 4 is 29.6 Å². The zero-order chi connectivity index (χ0) is 22.0. The number of H-pyrrole nitrogens is 1. The molecule has 0 radical (unpaired) electrons. The highest BCUT2D eigenvalue weighted by Gasteiger charge is 2.45. The summed E-state index contributed by atoms with van der Waals surface area (Å²) in [6.07, 6.45) is 0. The van der Waals surface area contributed by atoms with E-state index in [9.17, 15) is 24.0 Å². The molecule has 1 aromatic carbocycles. The Morgan fingerprint density at radius 2 is 1.53 bits per heavy atom. The highest BCUT2D eigenvalue weighted by atomic mass is 16.5. The van der Waals surface area contributed by atoms with E-state index in [1.807, 2.05) is 0 Å². The number of nitrogens with one attached hydrogen (secondary N) is 1. The van der Waals surface area contributed by atoms with E-state index >= 15 is 0 Å². The van der Waals surface area contributed by atoms with Crippen molar-refractivity contribution in [2.24, 2.45) is 0 Å². The molecule has 9 heteroatoms. The second-order valence-corrected chi connectivity index (χ2v) is 6.82. The molecule has 3 rings (SSSR count). The number of ether oxygens (including phenoxy) is 1. The molecule has 156 valence electrons. The molecule has 0 saturated carbocycles. The largest absolute Gasteiger partial charge is 0.462 e. The first-order chi connectivity index (χ1) is 14.3. The number of carbonyl (C=O) groups excluding carboxylic acids is 5. The van der Waals surface area contributed by atoms with Gasteiger partial charge in [-0.15, -0.1) is 0 Å². The summed E-state index contributed by atoms with van der Waals surface area (Å²) in [5.41, 5.74) is 1.62. The second kappa shape index (κ2) is 8.32. The Bertz CT molecular complexity index is 1040. The maximum absolute atomic E-state index is 12.9. The molecule has 1 aromatic heterocycles. The third-order valence-electron chi connectivity index (χ3n) is 4.75. The van der Waals surface area contributed by atoms with Crippen LogP contribution >= 0.6 is 0 Å². The molecular formula is C21H21N3O6. The Morgan fingerprint density at radius 1 is 0.933 bits per heavy atom. The van der Waals surface area contributed by atoms with E-state index in [2.05, 4.69) is 4.98 Å². The molecule has 1 aliphatic rings. The number of carbonyl (C=O) groups is 5. The van der Waals surface area contributed by atoms with Gasteiger partial charge in [0.05, 0.1) is 30.8 Å². The van der Waals surface area contributed by atoms with Gasteiger partial charge in [-0.25, -0.2) is 14.5 Å². The Labute approximate surface area is 172 Å². The highest BCUT2D eigenvalue weighted by molar-refractivity contribution is 6.45. The molecule has 1 saturated heterocycles. The predicted molar refractivity (Wildman–Crippen MR) is 105 cm³/mol. The van der Waals surface area contributed by atoms with Crippen molar-refractivity contribution in [3.63, 3.8) is 0 Å². The van der Waals surface area contributed by atoms with E-state index in [4.69, 9.17) is 4.74 Å². The van der Waals surface area contributed by atoms with Crippen LogP contribution in [0.15, 0.2) is 30.3 Å². The number of urea groups is 1. The quantitative estimate of drug-likeness (QED) is 0.322. The van der Waals surface area contributed by atoms with Crippen LogP contribution in [0.25, 0.3) is 0 Å². The minimum absolute atomic E-state index is 0.0421. The molecule has 1 fully saturated rings. The van der Waals surface area contributed by atoms with Crippen molar-refractivity contribution in [3.8, 4) is 0 Å². The monoisotopic (exact) mass is 411 g/mol. The van der Waals surface area contributed by atoms with Gasteiger partial charge in [0.15, 0.2) is 5.78 Å². The third-order valence-corrected chi connectivity index (χ3v) is 4.75. The van der Waals surface area contributed by atoms with E-state index in [-0.39, 0.29) is 24.3 Å². The van der Waals surface area contributed by atoms with Crippen molar-refractivity contribution in [1.82, 2.24) is 14.8 Å². The minimum atomic E-state index is -1.08. The molecule has 0 unspecified atom stereocenters. The molecule has 0 aliphatic carbocycles. The lowest BCUT2D eigenvalue weighted by atomic mass is 10.0. The fourth-order valence-electron chi connectivity index (χ4n) is 3.41. The van der Waals surface area contributed by atoms with Crippen LogP contribution in [-0.4, -0.2) is 57.5 Å². The molecule has 30 heavy (non-hydrogen) atoms. The predicted octanol–water partition coefficient (Wildman–Crippen LogP) is 1.98. The molecule has 9 nitrogen and oxygen atoms in total. The Kier molecular flexibility index (Phi) is 5.81. The number of nitrogens with zero attached hydrogens (tertiary/aromatic N) is 2. The smallest absolute Gasteiger partial charge is 0.340 e. The normalized spacial score (nSPS) is 13.9. The van der Waals surface area contributed by atoms with Crippen LogP contribution in [-0.2, 0) is 20.9 Å². The SMILES string of the molecule is CCOC(=O)c1c(C)[nH]c(C)c1C(=O)CN1C(=O)C(=O)N(Cc2ccccc2)C1=O. The number of aromatic amines is 1. The van der Waals surface area contributed by atoms with Gasteiger partial charge in [-0.2, -0.15) is 0 Å². The summed E-state index contributed by atoms with van der Waals surface area (Å²) in [6.45, 7) is 4.26. The van der Waals surface area contributed by atoms with Crippen molar-refractivity contribution in [3.05, 3.63) is 58.4 Å². The van der Waals surface area contributed by atoms with Gasteiger partial charge in [0, 0.05) is 11.4 Å². The van der Waals surface area contributed by atoms with E-state index in [1.165, 1.54) is 0 Å². The summed E-state index contributed by atoms with van der Waals surface area (Å²) in [4.78, 5) is 66.8. The topological polar surface area (TPSA) is 117 Å². The van der Waals surface area contributed by atoms with Crippen LogP contribution in [0.3, 0.4) is 0 Å². The van der Waals surface area contributed by atoms with Crippen LogP contribution in [0.4, 0.5) is 4.79 Å². The Hall–Kier alpha value is -3.75. The first-order valence-electron chi connectivity index (χ1n) is 9.37. The summed E-state index contributed by atoms with van der Waals surface area (Å²) in [5, 5.41) is 0. The van der Waals surface area contributed by atoms with E-state index < -0.39 is 36.1 Å². The summed E-state index contributed by atoms with van der Waals surface area (Å²) in [5.74, 6) is -3.39. The minimum Gasteiger partial charge on any atom is -0.462 e. The number of aryl methyl sites for hydroxylation is 2. The number of ketones is 1. The van der Waals surface area contributed by atoms with Crippen LogP contribution < -0.4 is 0 Å². The number of hydrogen-bond acceptors (Lipinski definition) is 6. The zero-order valence-electron chi connectivity index (χ0n) is 16.9. The van der Waals surface area contributed by atoms with Crippen molar-refractivity contribution < 1.29 is 28.7 Å². The number of esters is 1. The number of hydrogen-bond donors (Lipinski definition) is 1. The van der Waals surface area contributed by atoms with Crippen molar-refractivity contribution in [2.75, 3.05) is 13.2 Å². The van der Waals surface area contributed by atoms with E-state index in [0.717, 1.165) is 4.90 Å². The van der Waals surface area contributed by atoms with Gasteiger partial charge in [0.2, 0.25) is 0 Å². The van der Waals surface area contributed by atoms with Crippen LogP contribution in [0, 0.1) is 13.8 Å². The third kappa shape index (κ3) is 3.73. The van der Waals surface area contributed by atoms with Crippen LogP contribution in [0.5, 0.6) is 0 Å². The van der Waals surface area contributed by atoms with Crippen molar-refractivity contribution in [1.29, 1.82) is 0 Å². The van der Waals surface area contributed by atoms with Crippen LogP contribution in [0.1, 0.15) is 44.6 Å². The van der Waals surface area contributed by atoms with Gasteiger partial charge in [0.25, 0.3) is 0 Å². The summed E-state index contributed by atoms with van der Waals surface area (Å²) >= 11 is 0. The summed E-state index contributed by atoms with van der Waals surface area (Å²) < 4.78 is 5.00. The fraction of sp³-hybridized carbons (Fsp3) is 0.286. The lowest BCUT2D eigenvalue weighted by Crippen LogP contribution is -2.37. The maximum Gasteiger partial charge on any atom is 0.340 e. The number of aromatic nitrogens is 1. The van der Waals surface area contributed by atoms with Crippen LogP contribution in [0.2, 0.25) is 0 Å². The summed E-state index contributed by atoms with van der Waals surface area (Å²) in [7, 11) is 0. The zero-order valence-corrected chi connectivity index (χ0v) is 16.9. The average molecular weight is 411 g/mol. The van der Waals surface area contributed by atoms with Gasteiger partial charge < -0.3 is 9.72 Å². The number of imide groups is 2. The van der Waals surface area contributed by atoms with E-state index in [1.54, 1.807) is 51.1 Å². The van der Waals surface area contributed by atoms with Crippen molar-refractivity contribution in [2.45, 2.75) is 27.3 Å². The molecular weight excluding hydrogens is 390 g/mol. The number of rotatable bonds is 7. The molecule has 4 amide bonds. The van der Waals surface area contributed by atoms with E-state index in [0.29, 0.717) is 21.9 Å². The second-order valence-electron chi connectivity index (χ2n) is 6.82. The molecule has 0 atom stereocenters. The highest BCUT2D eigenvalue weighted by Crippen LogP contribution is 2.22. The van der Waals surface area contributed by atoms with Gasteiger partial charge in [-0.3, -0.25) is 19.3 Å². The average Bonchev–Trinajstić information content (AvgIpc) is 3.12. The molecule has 2 heterocycles. The molecule has 0 spiro atoms. The summed E-state index contributed by atoms with van der Waals surface area (Å²) in [6, 6.07) is 7.85. The maximum atomic E-state index is 12.9. The van der Waals surface area contributed by atoms with Gasteiger partial charge >= 0.3 is 23.8 Å². The first-order valence-corrected chi connectivity index (χ1v) is 9.37. The standard InChI is InChI=1S/C21H21N3O6/c1-4-30-20(28)17-13(3)22-12(2)16(17)15(25)11-24-19(27)18(26)23(21(24)29)10-14-8-6-5-7-9-14/h5-9,22H,4,10-11H2,1-3H3. The molecule has 0 bridgehead atoms. The number of amides is 4. The number of benzene rings is 1. The molecule has 2 aromatic rings. The van der Waals surface area contributed by atoms with Gasteiger partial charge in [-0.05, 0) is 26.3 Å². The first kappa shape index (κ1) is 21.0.